The van der Waals surface area contributed by atoms with E-state index < -0.39 is 148 Å². The largest absolute Gasteiger partial charge is 0.466 e. The molecule has 0 saturated heterocycles. The number of carbonyl (C=O) groups excluding carboxylic acids is 17. The predicted molar refractivity (Wildman–Crippen MR) is 487 cm³/mol. The molecule has 0 aliphatic rings. The van der Waals surface area contributed by atoms with Gasteiger partial charge in [0, 0.05) is 18.2 Å². The second-order valence-electron chi connectivity index (χ2n) is 29.6. The number of carbonyl (C=O) groups is 17. The molecule has 0 spiro atoms. The maximum atomic E-state index is 13.2. The first-order valence-corrected chi connectivity index (χ1v) is 46.2. The van der Waals surface area contributed by atoms with Crippen LogP contribution in [0.15, 0.2) is 38.0 Å². The lowest BCUT2D eigenvalue weighted by Crippen LogP contribution is -2.43. The standard InChI is InChI=1S/C27H45BrO10.C20H33BrO8.C15H25BrO6.C8H13BrO4.2C7H12O2.C5H8O2/c1-9-13-14-37-22(30)19(17-27(8,24(32)35-11-3)25(33)36-12-4)15-18(21(29)34-10-2)16-20(28)23(31)38-26(5,6)7;1-6-10-11-29-16(22)14(12-15(21)17(23)26-7-2)13-20(5,18(24)27-8-3)19(25)28-9-4;1-5-8-9-22-12(17)11(16)10-15(4,13(18)20-6-2)14(19)21-7-3;1-4-12-6(10)8(3,9)7(11)13-5-2;1-5-6(8)9-7(2,3)4;1-3-5-6-9-7(8)4-2;1-3-5(6)7-4-2/h18-20H,9-17H2,1-8H3;14-15H,6-13H2,1-5H3;11H,5-10H2,1-4H3;4-5H2,1-3H3;5H,1H2,2-4H3;4H,2-3,5-6H2,1H3;3H,1,4H2,2H3. The Morgan fingerprint density at radius 3 is 0.772 bits per heavy atom. The van der Waals surface area contributed by atoms with Crippen molar-refractivity contribution in [2.45, 2.75) is 293 Å². The van der Waals surface area contributed by atoms with E-state index in [1.165, 1.54) is 33.8 Å². The first-order valence-electron chi connectivity index (χ1n) is 42.7. The summed E-state index contributed by atoms with van der Waals surface area (Å²) in [6.45, 7) is 54.8. The number of hydrogen-bond donors (Lipinski definition) is 0. The highest BCUT2D eigenvalue weighted by Gasteiger charge is 2.51. The van der Waals surface area contributed by atoms with Crippen LogP contribution < -0.4 is 0 Å². The van der Waals surface area contributed by atoms with Gasteiger partial charge < -0.3 is 80.5 Å². The average molecular weight is 2080 g/mol. The zero-order chi connectivity index (χ0) is 99.9. The highest BCUT2D eigenvalue weighted by Crippen LogP contribution is 2.38. The molecule has 0 saturated carbocycles. The second kappa shape index (κ2) is 75.9. The molecule has 0 rings (SSSR count). The molecule has 0 fully saturated rings. The molecule has 0 bridgehead atoms. The van der Waals surface area contributed by atoms with Gasteiger partial charge in [0.2, 0.25) is 4.32 Å². The van der Waals surface area contributed by atoms with Crippen LogP contribution in [-0.2, 0) is 162 Å². The van der Waals surface area contributed by atoms with E-state index in [-0.39, 0.29) is 136 Å². The van der Waals surface area contributed by atoms with E-state index in [2.05, 4.69) is 102 Å². The molecule has 38 heteroatoms. The monoisotopic (exact) mass is 2080 g/mol. The van der Waals surface area contributed by atoms with Crippen molar-refractivity contribution in [1.82, 2.24) is 0 Å². The smallest absolute Gasteiger partial charge is 0.334 e. The van der Waals surface area contributed by atoms with Crippen LogP contribution in [0.4, 0.5) is 0 Å². The van der Waals surface area contributed by atoms with Crippen LogP contribution in [0, 0.1) is 34.0 Å². The summed E-state index contributed by atoms with van der Waals surface area (Å²) in [6, 6.07) is 0. The summed E-state index contributed by atoms with van der Waals surface area (Å²) in [5.41, 5.74) is -6.22. The van der Waals surface area contributed by atoms with Crippen LogP contribution in [0.1, 0.15) is 263 Å². The minimum absolute atomic E-state index is 0.00179. The Morgan fingerprint density at radius 2 is 0.496 bits per heavy atom. The number of halogens is 4. The van der Waals surface area contributed by atoms with Crippen LogP contribution in [0.2, 0.25) is 0 Å². The fraction of sp³-hybridized carbons (Fsp3) is 0.742. The minimum atomic E-state index is -1.82. The first-order chi connectivity index (χ1) is 59.2. The van der Waals surface area contributed by atoms with Gasteiger partial charge in [0.15, 0.2) is 16.2 Å². The molecular formula is C89H148Br4O34. The van der Waals surface area contributed by atoms with E-state index in [0.717, 1.165) is 50.7 Å². The molecule has 34 nitrogen and oxygen atoms in total. The predicted octanol–water partition coefficient (Wildman–Crippen LogP) is 15.4. The Labute approximate surface area is 786 Å². The molecule has 0 aliphatic carbocycles. The van der Waals surface area contributed by atoms with Crippen molar-refractivity contribution in [3.63, 3.8) is 0 Å². The van der Waals surface area contributed by atoms with Crippen LogP contribution in [-0.4, -0.2) is 231 Å². The molecule has 0 aromatic rings. The number of esters is 17. The van der Waals surface area contributed by atoms with Crippen molar-refractivity contribution >= 4 is 165 Å². The number of alkyl halides is 4. The Morgan fingerprint density at radius 1 is 0.260 bits per heavy atom. The van der Waals surface area contributed by atoms with Crippen molar-refractivity contribution in [2.75, 3.05) is 99.1 Å². The third-order valence-corrected chi connectivity index (χ3v) is 18.9. The minimum Gasteiger partial charge on any atom is -0.466 e. The van der Waals surface area contributed by atoms with Crippen LogP contribution >= 0.6 is 63.7 Å². The lowest BCUT2D eigenvalue weighted by Gasteiger charge is -2.30. The molecule has 0 aliphatic heterocycles. The fourth-order valence-corrected chi connectivity index (χ4v) is 11.6. The summed E-state index contributed by atoms with van der Waals surface area (Å²) in [5.74, 6) is -13.4. The SMILES string of the molecule is C=CC(=O)OC(C)(C)C.C=CC(=O)OCC.C=CC(=O)OCCCC.CCCCOC(=O)C(Br)CC(C)(C(=O)OCC)C(=O)OCC.CCCCOC(=O)C(CC(Br)C(=O)OCC)CC(C)(C(=O)OCC)C(=O)OCC.CCCCOC(=O)C(CC(CC(Br)C(=O)OC(C)(C)C)C(=O)OCC)CC(C)(C(=O)OCC)C(=O)OCC.CCOC(=O)C(C)(Br)C(=O)OCC. The molecule has 0 aromatic heterocycles. The maximum absolute atomic E-state index is 13.2. The molecule has 0 N–H and O–H groups in total. The summed E-state index contributed by atoms with van der Waals surface area (Å²) in [6.07, 6.45) is 9.26. The van der Waals surface area contributed by atoms with Crippen molar-refractivity contribution in [3.05, 3.63) is 38.0 Å². The van der Waals surface area contributed by atoms with Crippen molar-refractivity contribution in [2.24, 2.45) is 34.0 Å². The van der Waals surface area contributed by atoms with Gasteiger partial charge in [-0.15, -0.1) is 0 Å². The Balaban J connectivity index is -0.000000286. The van der Waals surface area contributed by atoms with Gasteiger partial charge in [-0.2, -0.15) is 0 Å². The first kappa shape index (κ1) is 132. The molecule has 6 unspecified atom stereocenters. The summed E-state index contributed by atoms with van der Waals surface area (Å²) < 4.78 is 83.6. The van der Waals surface area contributed by atoms with Gasteiger partial charge in [0.25, 0.3) is 0 Å². The third kappa shape index (κ3) is 62.1. The van der Waals surface area contributed by atoms with Crippen molar-refractivity contribution in [1.29, 1.82) is 0 Å². The topological polar surface area (TPSA) is 447 Å². The van der Waals surface area contributed by atoms with E-state index in [9.17, 15) is 81.5 Å². The van der Waals surface area contributed by atoms with Gasteiger partial charge in [0.1, 0.15) is 25.7 Å². The van der Waals surface area contributed by atoms with Crippen molar-refractivity contribution < 1.29 is 162 Å². The summed E-state index contributed by atoms with van der Waals surface area (Å²) in [7, 11) is 0. The fourth-order valence-electron chi connectivity index (χ4n) is 9.44. The Bertz CT molecular complexity index is 3210. The van der Waals surface area contributed by atoms with Crippen LogP contribution in [0.25, 0.3) is 0 Å². The molecule has 127 heavy (non-hydrogen) atoms. The van der Waals surface area contributed by atoms with Gasteiger partial charge in [-0.25, -0.2) is 24.0 Å². The van der Waals surface area contributed by atoms with E-state index >= 15 is 0 Å². The molecule has 0 radical (unpaired) electrons. The molecule has 0 aromatic carbocycles. The van der Waals surface area contributed by atoms with Crippen LogP contribution in [0.5, 0.6) is 0 Å². The van der Waals surface area contributed by atoms with Crippen molar-refractivity contribution in [3.8, 4) is 0 Å². The van der Waals surface area contributed by atoms with Gasteiger partial charge in [-0.3, -0.25) is 57.5 Å². The number of rotatable bonds is 52. The van der Waals surface area contributed by atoms with E-state index in [1.54, 1.807) is 96.9 Å². The molecule has 0 amide bonds. The zero-order valence-corrected chi connectivity index (χ0v) is 86.1. The highest BCUT2D eigenvalue weighted by atomic mass is 79.9. The average Bonchev–Trinajstić information content (AvgIpc) is 0.820. The Kier molecular flexibility index (Phi) is 79.0. The lowest BCUT2D eigenvalue weighted by atomic mass is 9.77. The lowest BCUT2D eigenvalue weighted by molar-refractivity contribution is -0.175. The molecule has 6 atom stereocenters. The van der Waals surface area contributed by atoms with Gasteiger partial charge in [0.05, 0.1) is 117 Å². The maximum Gasteiger partial charge on any atom is 0.334 e. The highest BCUT2D eigenvalue weighted by molar-refractivity contribution is 9.10. The van der Waals surface area contributed by atoms with Gasteiger partial charge in [-0.1, -0.05) is 137 Å². The number of ether oxygens (including phenoxy) is 17. The van der Waals surface area contributed by atoms with E-state index in [0.29, 0.717) is 32.7 Å². The summed E-state index contributed by atoms with van der Waals surface area (Å²) >= 11 is 12.7. The van der Waals surface area contributed by atoms with E-state index in [1.807, 2.05) is 48.5 Å². The summed E-state index contributed by atoms with van der Waals surface area (Å²) in [4.78, 5) is 201. The van der Waals surface area contributed by atoms with Crippen LogP contribution in [0.3, 0.4) is 0 Å². The molecule has 736 valence electrons. The number of unbranched alkanes of at least 4 members (excludes halogenated alkanes) is 4. The Hall–Kier alpha value is -7.87. The normalized spacial score (nSPS) is 12.2. The second-order valence-corrected chi connectivity index (χ2v) is 34.5. The van der Waals surface area contributed by atoms with Gasteiger partial charge in [-0.05, 0) is 210 Å². The summed E-state index contributed by atoms with van der Waals surface area (Å²) in [5, 5.41) is 0. The zero-order valence-electron chi connectivity index (χ0n) is 79.7. The third-order valence-electron chi connectivity index (χ3n) is 16.0. The quantitative estimate of drug-likeness (QED) is 0.0136. The number of hydrogen-bond acceptors (Lipinski definition) is 34. The molecular weight excluding hydrogens is 1930 g/mol. The molecule has 0 heterocycles. The van der Waals surface area contributed by atoms with Gasteiger partial charge >= 0.3 is 101 Å². The van der Waals surface area contributed by atoms with E-state index in [4.69, 9.17) is 61.6 Å².